The van der Waals surface area contributed by atoms with Gasteiger partial charge in [0.2, 0.25) is 5.78 Å². The van der Waals surface area contributed by atoms with Gasteiger partial charge in [-0.15, -0.1) is 0 Å². The van der Waals surface area contributed by atoms with Crippen molar-refractivity contribution in [2.24, 2.45) is 4.99 Å². The third-order valence-electron chi connectivity index (χ3n) is 5.36. The number of imidazole rings is 1. The molecule has 0 aliphatic carbocycles. The van der Waals surface area contributed by atoms with Crippen molar-refractivity contribution in [3.63, 3.8) is 0 Å². The molecule has 0 radical (unpaired) electrons. The van der Waals surface area contributed by atoms with E-state index in [1.807, 2.05) is 71.3 Å². The van der Waals surface area contributed by atoms with E-state index in [9.17, 15) is 5.11 Å². The van der Waals surface area contributed by atoms with Crippen LogP contribution in [0.15, 0.2) is 78.2 Å². The fraction of sp³-hybridized carbons (Fsp3) is 0.160. The maximum atomic E-state index is 9.95. The first kappa shape index (κ1) is 19.2. The van der Waals surface area contributed by atoms with Crippen molar-refractivity contribution in [1.29, 1.82) is 0 Å². The monoisotopic (exact) mass is 410 g/mol. The van der Waals surface area contributed by atoms with Gasteiger partial charge in [-0.2, -0.15) is 0 Å². The lowest BCUT2D eigenvalue weighted by molar-refractivity contribution is 0.259. The minimum absolute atomic E-state index is 0.0900. The van der Waals surface area contributed by atoms with E-state index in [1.165, 1.54) is 5.56 Å². The van der Waals surface area contributed by atoms with Crippen molar-refractivity contribution in [2.45, 2.75) is 19.6 Å². The molecule has 0 saturated heterocycles. The van der Waals surface area contributed by atoms with Gasteiger partial charge < -0.3 is 9.84 Å². The molecule has 0 spiro atoms. The zero-order chi connectivity index (χ0) is 21.0. The van der Waals surface area contributed by atoms with Crippen molar-refractivity contribution in [2.75, 3.05) is 6.54 Å². The van der Waals surface area contributed by atoms with Gasteiger partial charge in [0.05, 0.1) is 24.2 Å². The first-order chi connectivity index (χ1) is 15.3. The molecule has 0 unspecified atom stereocenters. The predicted octanol–water partition coefficient (Wildman–Crippen LogP) is 3.86. The van der Waals surface area contributed by atoms with Crippen LogP contribution >= 0.6 is 0 Å². The molecule has 0 amide bonds. The Morgan fingerprint density at radius 3 is 2.84 bits per heavy atom. The van der Waals surface area contributed by atoms with Crippen LogP contribution in [0.1, 0.15) is 27.9 Å². The zero-order valence-corrected chi connectivity index (χ0v) is 17.0. The molecule has 4 aromatic rings. The number of aliphatic hydroxyl groups is 1. The number of hydrogen-bond acceptors (Lipinski definition) is 5. The Hall–Kier alpha value is -3.77. The second-order valence-corrected chi connectivity index (χ2v) is 7.37. The average molecular weight is 410 g/mol. The van der Waals surface area contributed by atoms with Gasteiger partial charge in [0.25, 0.3) is 0 Å². The largest absolute Gasteiger partial charge is 0.489 e. The molecule has 0 fully saturated rings. The summed E-state index contributed by atoms with van der Waals surface area (Å²) < 4.78 is 7.98. The number of aliphatic imine (C=N–C) groups is 1. The summed E-state index contributed by atoms with van der Waals surface area (Å²) in [6, 6.07) is 16.0. The van der Waals surface area contributed by atoms with E-state index in [-0.39, 0.29) is 6.61 Å². The molecule has 0 atom stereocenters. The standard InChI is InChI=1S/C25H22N4O2/c30-16-20-13-22-19(14-24(20)31-17-18-5-2-1-3-6-18)9-11-26-23(22)8-7-21-15-28-25-27-10-4-12-29(21)25/h1-8,10,12-15,30H,9,11,16-17H2/b8-7+. The lowest BCUT2D eigenvalue weighted by Crippen LogP contribution is -2.13. The minimum Gasteiger partial charge on any atom is -0.489 e. The van der Waals surface area contributed by atoms with Gasteiger partial charge in [-0.05, 0) is 47.9 Å². The van der Waals surface area contributed by atoms with Gasteiger partial charge >= 0.3 is 0 Å². The average Bonchev–Trinajstić information content (AvgIpc) is 3.24. The molecule has 1 N–H and O–H groups in total. The molecule has 31 heavy (non-hydrogen) atoms. The second-order valence-electron chi connectivity index (χ2n) is 7.37. The topological polar surface area (TPSA) is 72.0 Å². The smallest absolute Gasteiger partial charge is 0.234 e. The molecule has 1 aliphatic rings. The molecule has 2 aromatic heterocycles. The summed E-state index contributed by atoms with van der Waals surface area (Å²) in [6.07, 6.45) is 10.3. The number of aromatic nitrogens is 3. The van der Waals surface area contributed by atoms with E-state index in [1.54, 1.807) is 12.4 Å². The van der Waals surface area contributed by atoms with Gasteiger partial charge in [-0.3, -0.25) is 9.39 Å². The maximum Gasteiger partial charge on any atom is 0.234 e. The number of aliphatic hydroxyl groups excluding tert-OH is 1. The first-order valence-corrected chi connectivity index (χ1v) is 10.3. The quantitative estimate of drug-likeness (QED) is 0.524. The predicted molar refractivity (Wildman–Crippen MR) is 120 cm³/mol. The normalized spacial score (nSPS) is 13.4. The van der Waals surface area contributed by atoms with E-state index < -0.39 is 0 Å². The van der Waals surface area contributed by atoms with E-state index in [0.717, 1.165) is 46.8 Å². The molecule has 154 valence electrons. The van der Waals surface area contributed by atoms with E-state index in [0.29, 0.717) is 12.4 Å². The van der Waals surface area contributed by atoms with Gasteiger partial charge in [-0.25, -0.2) is 9.97 Å². The summed E-state index contributed by atoms with van der Waals surface area (Å²) in [6.45, 7) is 1.10. The van der Waals surface area contributed by atoms with E-state index in [2.05, 4.69) is 9.97 Å². The van der Waals surface area contributed by atoms with E-state index >= 15 is 0 Å². The fourth-order valence-electron chi connectivity index (χ4n) is 3.76. The Morgan fingerprint density at radius 2 is 1.97 bits per heavy atom. The third kappa shape index (κ3) is 3.98. The SMILES string of the molecule is OCc1cc2c(cc1OCc1ccccc1)CCN=C2/C=C/c1cnc2ncccn12. The molecule has 3 heterocycles. The van der Waals surface area contributed by atoms with Crippen LogP contribution in [-0.2, 0) is 19.6 Å². The second kappa shape index (κ2) is 8.53. The molecule has 6 nitrogen and oxygen atoms in total. The van der Waals surface area contributed by atoms with Crippen LogP contribution in [0.2, 0.25) is 0 Å². The third-order valence-corrected chi connectivity index (χ3v) is 5.36. The molecule has 0 saturated carbocycles. The Balaban J connectivity index is 1.42. The number of ether oxygens (including phenoxy) is 1. The summed E-state index contributed by atoms with van der Waals surface area (Å²) in [5.74, 6) is 1.39. The lowest BCUT2D eigenvalue weighted by Gasteiger charge is -2.19. The summed E-state index contributed by atoms with van der Waals surface area (Å²) in [4.78, 5) is 13.3. The molecule has 0 bridgehead atoms. The summed E-state index contributed by atoms with van der Waals surface area (Å²) in [5, 5.41) is 9.95. The molecule has 2 aromatic carbocycles. The fourth-order valence-corrected chi connectivity index (χ4v) is 3.76. The Labute approximate surface area is 180 Å². The molecule has 5 rings (SSSR count). The molecular weight excluding hydrogens is 388 g/mol. The highest BCUT2D eigenvalue weighted by atomic mass is 16.5. The first-order valence-electron chi connectivity index (χ1n) is 10.3. The number of allylic oxidation sites excluding steroid dienone is 1. The Morgan fingerprint density at radius 1 is 1.06 bits per heavy atom. The highest BCUT2D eigenvalue weighted by molar-refractivity contribution is 6.12. The van der Waals surface area contributed by atoms with Crippen molar-refractivity contribution < 1.29 is 9.84 Å². The van der Waals surface area contributed by atoms with Crippen LogP contribution in [-0.4, -0.2) is 31.7 Å². The lowest BCUT2D eigenvalue weighted by atomic mass is 9.94. The molecular formula is C25H22N4O2. The van der Waals surface area contributed by atoms with Gasteiger partial charge in [0.15, 0.2) is 0 Å². The van der Waals surface area contributed by atoms with Crippen molar-refractivity contribution in [1.82, 2.24) is 14.4 Å². The van der Waals surface area contributed by atoms with Crippen molar-refractivity contribution in [3.05, 3.63) is 101 Å². The summed E-state index contributed by atoms with van der Waals surface area (Å²) >= 11 is 0. The van der Waals surface area contributed by atoms with Crippen LogP contribution in [0.25, 0.3) is 11.9 Å². The van der Waals surface area contributed by atoms with Crippen LogP contribution in [0.5, 0.6) is 5.75 Å². The van der Waals surface area contributed by atoms with Crippen LogP contribution in [0, 0.1) is 0 Å². The van der Waals surface area contributed by atoms with Crippen molar-refractivity contribution in [3.8, 4) is 5.75 Å². The Bertz CT molecular complexity index is 1280. The summed E-state index contributed by atoms with van der Waals surface area (Å²) in [5.41, 5.74) is 5.89. The van der Waals surface area contributed by atoms with Gasteiger partial charge in [-0.1, -0.05) is 30.3 Å². The highest BCUT2D eigenvalue weighted by Gasteiger charge is 2.17. The van der Waals surface area contributed by atoms with Crippen molar-refractivity contribution >= 4 is 17.6 Å². The van der Waals surface area contributed by atoms with Gasteiger partial charge in [0.1, 0.15) is 12.4 Å². The van der Waals surface area contributed by atoms with Crippen LogP contribution < -0.4 is 4.74 Å². The maximum absolute atomic E-state index is 9.95. The van der Waals surface area contributed by atoms with E-state index in [4.69, 9.17) is 9.73 Å². The molecule has 6 heteroatoms. The highest BCUT2D eigenvalue weighted by Crippen LogP contribution is 2.28. The minimum atomic E-state index is -0.0900. The van der Waals surface area contributed by atoms with Crippen LogP contribution in [0.3, 0.4) is 0 Å². The number of rotatable bonds is 6. The number of hydrogen-bond donors (Lipinski definition) is 1. The number of fused-ring (bicyclic) bond motifs is 2. The number of benzene rings is 2. The summed E-state index contributed by atoms with van der Waals surface area (Å²) in [7, 11) is 0. The number of nitrogens with zero attached hydrogens (tertiary/aromatic N) is 4. The van der Waals surface area contributed by atoms with Gasteiger partial charge in [0, 0.05) is 30.1 Å². The molecule has 1 aliphatic heterocycles. The zero-order valence-electron chi connectivity index (χ0n) is 17.0. The Kier molecular flexibility index (Phi) is 5.29. The van der Waals surface area contributed by atoms with Crippen LogP contribution in [0.4, 0.5) is 0 Å².